The summed E-state index contributed by atoms with van der Waals surface area (Å²) in [6.45, 7) is 2.42. The maximum Gasteiger partial charge on any atom is 0.329 e. The average molecular weight is 475 g/mol. The monoisotopic (exact) mass is 474 g/mol. The van der Waals surface area contributed by atoms with Gasteiger partial charge in [0.1, 0.15) is 16.8 Å². The highest BCUT2D eigenvalue weighted by molar-refractivity contribution is 9.10. The second-order valence-corrected chi connectivity index (χ2v) is 8.26. The molecule has 7 nitrogen and oxygen atoms in total. The molecule has 0 saturated carbocycles. The maximum atomic E-state index is 12.2. The lowest BCUT2D eigenvalue weighted by atomic mass is 9.96. The van der Waals surface area contributed by atoms with Gasteiger partial charge in [-0.05, 0) is 56.4 Å². The number of hydrazone groups is 1. The molecule has 3 rings (SSSR count). The topological polar surface area (TPSA) is 104 Å². The second kappa shape index (κ2) is 9.67. The van der Waals surface area contributed by atoms with Crippen molar-refractivity contribution in [3.63, 3.8) is 0 Å². The number of nitrogens with one attached hydrogen (secondary N) is 2. The molecule has 150 valence electrons. The quantitative estimate of drug-likeness (QED) is 0.391. The van der Waals surface area contributed by atoms with Crippen LogP contribution in [0.25, 0.3) is 0 Å². The van der Waals surface area contributed by atoms with Gasteiger partial charge >= 0.3 is 11.8 Å². The molecule has 0 aliphatic heterocycles. The molecule has 0 spiro atoms. The Balaban J connectivity index is 1.64. The van der Waals surface area contributed by atoms with Crippen molar-refractivity contribution in [1.29, 1.82) is 5.26 Å². The van der Waals surface area contributed by atoms with Crippen molar-refractivity contribution in [2.75, 3.05) is 11.9 Å². The van der Waals surface area contributed by atoms with Crippen LogP contribution in [0.4, 0.5) is 5.00 Å². The smallest absolute Gasteiger partial charge is 0.329 e. The van der Waals surface area contributed by atoms with E-state index in [9.17, 15) is 14.9 Å². The Bertz CT molecular complexity index is 1010. The lowest BCUT2D eigenvalue weighted by Gasteiger charge is -2.09. The van der Waals surface area contributed by atoms with Gasteiger partial charge < -0.3 is 10.1 Å². The average Bonchev–Trinajstić information content (AvgIpc) is 3.07. The molecule has 0 fully saturated rings. The Morgan fingerprint density at radius 3 is 2.90 bits per heavy atom. The number of benzene rings is 1. The molecule has 0 atom stereocenters. The van der Waals surface area contributed by atoms with Gasteiger partial charge in [0.15, 0.2) is 0 Å². The second-order valence-electron chi connectivity index (χ2n) is 6.30. The summed E-state index contributed by atoms with van der Waals surface area (Å²) in [5.74, 6) is -1.10. The fraction of sp³-hybridized carbons (Fsp3) is 0.300. The van der Waals surface area contributed by atoms with Crippen LogP contribution in [0, 0.1) is 11.3 Å². The van der Waals surface area contributed by atoms with Crippen LogP contribution in [0.15, 0.2) is 27.8 Å². The van der Waals surface area contributed by atoms with Crippen molar-refractivity contribution >= 4 is 50.3 Å². The molecule has 2 aromatic rings. The molecule has 2 N–H and O–H groups in total. The molecule has 0 saturated heterocycles. The minimum atomic E-state index is -0.909. The van der Waals surface area contributed by atoms with Crippen LogP contribution >= 0.6 is 27.3 Å². The van der Waals surface area contributed by atoms with E-state index in [1.165, 1.54) is 17.6 Å². The zero-order valence-electron chi connectivity index (χ0n) is 15.8. The van der Waals surface area contributed by atoms with E-state index in [-0.39, 0.29) is 0 Å². The summed E-state index contributed by atoms with van der Waals surface area (Å²) in [6, 6.07) is 7.53. The number of carbonyl (C=O) groups is 2. The number of amides is 2. The van der Waals surface area contributed by atoms with Crippen molar-refractivity contribution in [3.8, 4) is 11.8 Å². The normalized spacial score (nSPS) is 12.9. The van der Waals surface area contributed by atoms with E-state index in [1.54, 1.807) is 6.07 Å². The van der Waals surface area contributed by atoms with Gasteiger partial charge in [0.2, 0.25) is 0 Å². The molecule has 1 aliphatic carbocycles. The summed E-state index contributed by atoms with van der Waals surface area (Å²) < 4.78 is 6.20. The SMILES string of the molecule is CCOc1ccc(Br)c(/C=N/NC(=O)C(=O)Nc2sc3c(c2C#N)CCCC3)c1. The van der Waals surface area contributed by atoms with Gasteiger partial charge in [-0.2, -0.15) is 10.4 Å². The number of thiophene rings is 1. The van der Waals surface area contributed by atoms with Crippen molar-refractivity contribution < 1.29 is 14.3 Å². The van der Waals surface area contributed by atoms with Crippen LogP contribution in [-0.2, 0) is 22.4 Å². The minimum absolute atomic E-state index is 0.427. The molecule has 9 heteroatoms. The summed E-state index contributed by atoms with van der Waals surface area (Å²) in [5, 5.41) is 16.2. The minimum Gasteiger partial charge on any atom is -0.494 e. The number of nitriles is 1. The van der Waals surface area contributed by atoms with Gasteiger partial charge in [-0.3, -0.25) is 9.59 Å². The van der Waals surface area contributed by atoms with E-state index in [2.05, 4.69) is 37.8 Å². The lowest BCUT2D eigenvalue weighted by molar-refractivity contribution is -0.136. The summed E-state index contributed by atoms with van der Waals surface area (Å²) in [6.07, 6.45) is 5.25. The van der Waals surface area contributed by atoms with Crippen LogP contribution < -0.4 is 15.5 Å². The number of fused-ring (bicyclic) bond motifs is 1. The highest BCUT2D eigenvalue weighted by atomic mass is 79.9. The Morgan fingerprint density at radius 1 is 1.34 bits per heavy atom. The molecule has 1 aliphatic rings. The van der Waals surface area contributed by atoms with E-state index in [1.807, 2.05) is 19.1 Å². The highest BCUT2D eigenvalue weighted by Gasteiger charge is 2.23. The first-order chi connectivity index (χ1) is 14.0. The third-order valence-corrected chi connectivity index (χ3v) is 6.29. The Kier molecular flexibility index (Phi) is 7.01. The molecule has 1 aromatic heterocycles. The van der Waals surface area contributed by atoms with Crippen LogP contribution in [0.3, 0.4) is 0 Å². The predicted octanol–water partition coefficient (Wildman–Crippen LogP) is 3.75. The first kappa shape index (κ1) is 21.0. The Morgan fingerprint density at radius 2 is 2.14 bits per heavy atom. The van der Waals surface area contributed by atoms with Gasteiger partial charge in [-0.1, -0.05) is 15.9 Å². The molecule has 0 bridgehead atoms. The lowest BCUT2D eigenvalue weighted by Crippen LogP contribution is -2.32. The number of anilines is 1. The van der Waals surface area contributed by atoms with Gasteiger partial charge in [-0.25, -0.2) is 5.43 Å². The van der Waals surface area contributed by atoms with Crippen LogP contribution in [0.2, 0.25) is 0 Å². The van der Waals surface area contributed by atoms with E-state index in [0.717, 1.165) is 40.6 Å². The molecular weight excluding hydrogens is 456 g/mol. The fourth-order valence-electron chi connectivity index (χ4n) is 3.02. The predicted molar refractivity (Wildman–Crippen MR) is 115 cm³/mol. The maximum absolute atomic E-state index is 12.2. The van der Waals surface area contributed by atoms with Gasteiger partial charge in [-0.15, -0.1) is 11.3 Å². The molecule has 0 radical (unpaired) electrons. The van der Waals surface area contributed by atoms with E-state index < -0.39 is 11.8 Å². The number of hydrogen-bond donors (Lipinski definition) is 2. The number of nitrogens with zero attached hydrogens (tertiary/aromatic N) is 2. The van der Waals surface area contributed by atoms with Gasteiger partial charge in [0.05, 0.1) is 18.4 Å². The Labute approximate surface area is 180 Å². The third-order valence-electron chi connectivity index (χ3n) is 4.36. The van der Waals surface area contributed by atoms with Crippen molar-refractivity contribution in [2.24, 2.45) is 5.10 Å². The van der Waals surface area contributed by atoms with Crippen LogP contribution in [0.1, 0.15) is 41.3 Å². The first-order valence-corrected chi connectivity index (χ1v) is 10.8. The first-order valence-electron chi connectivity index (χ1n) is 9.14. The third kappa shape index (κ3) is 5.02. The zero-order chi connectivity index (χ0) is 20.8. The summed E-state index contributed by atoms with van der Waals surface area (Å²) in [7, 11) is 0. The van der Waals surface area contributed by atoms with Crippen molar-refractivity contribution in [2.45, 2.75) is 32.6 Å². The zero-order valence-corrected chi connectivity index (χ0v) is 18.2. The number of ether oxygens (including phenoxy) is 1. The van der Waals surface area contributed by atoms with Crippen molar-refractivity contribution in [3.05, 3.63) is 44.2 Å². The molecule has 29 heavy (non-hydrogen) atoms. The number of aryl methyl sites for hydroxylation is 1. The van der Waals surface area contributed by atoms with Crippen LogP contribution in [-0.4, -0.2) is 24.6 Å². The Hall–Kier alpha value is -2.70. The number of halogens is 1. The number of carbonyl (C=O) groups excluding carboxylic acids is 2. The van der Waals surface area contributed by atoms with Crippen LogP contribution in [0.5, 0.6) is 5.75 Å². The number of hydrogen-bond acceptors (Lipinski definition) is 6. The number of rotatable bonds is 5. The standard InChI is InChI=1S/C20H19BrN4O3S/c1-2-28-13-7-8-16(21)12(9-13)11-23-25-19(27)18(26)24-20-15(10-22)14-5-3-4-6-17(14)29-20/h7-9,11H,2-6H2,1H3,(H,24,26)(H,25,27)/b23-11+. The molecule has 2 amide bonds. The molecule has 1 aromatic carbocycles. The molecule has 0 unspecified atom stereocenters. The van der Waals surface area contributed by atoms with E-state index in [4.69, 9.17) is 4.74 Å². The summed E-state index contributed by atoms with van der Waals surface area (Å²) in [4.78, 5) is 25.4. The summed E-state index contributed by atoms with van der Waals surface area (Å²) in [5.41, 5.74) is 4.36. The highest BCUT2D eigenvalue weighted by Crippen LogP contribution is 2.37. The van der Waals surface area contributed by atoms with E-state index in [0.29, 0.717) is 28.5 Å². The molecular formula is C20H19BrN4O3S. The fourth-order valence-corrected chi connectivity index (χ4v) is 4.60. The van der Waals surface area contributed by atoms with Gasteiger partial charge in [0.25, 0.3) is 0 Å². The molecule has 1 heterocycles. The van der Waals surface area contributed by atoms with E-state index >= 15 is 0 Å². The van der Waals surface area contributed by atoms with Gasteiger partial charge in [0, 0.05) is 14.9 Å². The summed E-state index contributed by atoms with van der Waals surface area (Å²) >= 11 is 4.77. The largest absolute Gasteiger partial charge is 0.494 e. The van der Waals surface area contributed by atoms with Crippen molar-refractivity contribution in [1.82, 2.24) is 5.43 Å².